The zero-order valence-electron chi connectivity index (χ0n) is 10.4. The smallest absolute Gasteiger partial charge is 0.410 e. The molecule has 1 spiro atoms. The summed E-state index contributed by atoms with van der Waals surface area (Å²) in [6.45, 7) is 6.67. The zero-order chi connectivity index (χ0) is 13.0. The van der Waals surface area contributed by atoms with Gasteiger partial charge in [-0.25, -0.2) is 4.79 Å². The Kier molecular flexibility index (Phi) is 2.09. The van der Waals surface area contributed by atoms with Crippen molar-refractivity contribution >= 4 is 6.09 Å². The second kappa shape index (κ2) is 3.27. The van der Waals surface area contributed by atoms with E-state index in [0.29, 0.717) is 13.1 Å². The number of nitrogens with zero attached hydrogens (tertiary/aromatic N) is 2. The molecule has 4 rings (SSSR count). The van der Waals surface area contributed by atoms with E-state index in [-0.39, 0.29) is 18.3 Å². The standard InChI is InChI=1S/C13H16N2O3/c1-3-4-17-10(16)15-8-13(9-15)12(7-14)5-11(2,6-12)18-13/h3H,1,4-6,8-9H2,2H3. The fourth-order valence-electron chi connectivity index (χ4n) is 3.66. The Morgan fingerprint density at radius 2 is 2.28 bits per heavy atom. The van der Waals surface area contributed by atoms with E-state index >= 15 is 0 Å². The quantitative estimate of drug-likeness (QED) is 0.694. The molecule has 5 nitrogen and oxygen atoms in total. The molecule has 96 valence electrons. The van der Waals surface area contributed by atoms with Crippen LogP contribution in [0, 0.1) is 16.7 Å². The number of ether oxygens (including phenoxy) is 2. The van der Waals surface area contributed by atoms with Crippen molar-refractivity contribution in [2.75, 3.05) is 19.7 Å². The monoisotopic (exact) mass is 248 g/mol. The maximum Gasteiger partial charge on any atom is 0.410 e. The third-order valence-corrected chi connectivity index (χ3v) is 4.35. The molecule has 0 aromatic rings. The van der Waals surface area contributed by atoms with Crippen LogP contribution in [0.4, 0.5) is 4.79 Å². The van der Waals surface area contributed by atoms with E-state index < -0.39 is 11.0 Å². The number of hydrogen-bond donors (Lipinski definition) is 0. The molecule has 4 fully saturated rings. The van der Waals surface area contributed by atoms with E-state index in [1.54, 1.807) is 4.90 Å². The number of amides is 1. The summed E-state index contributed by atoms with van der Waals surface area (Å²) in [7, 11) is 0. The molecule has 0 aromatic heterocycles. The van der Waals surface area contributed by atoms with E-state index in [0.717, 1.165) is 12.8 Å². The van der Waals surface area contributed by atoms with Gasteiger partial charge in [0.1, 0.15) is 12.2 Å². The van der Waals surface area contributed by atoms with Crippen LogP contribution in [0.5, 0.6) is 0 Å². The van der Waals surface area contributed by atoms with Crippen molar-refractivity contribution in [3.05, 3.63) is 12.7 Å². The first kappa shape index (κ1) is 11.5. The molecule has 2 bridgehead atoms. The topological polar surface area (TPSA) is 62.6 Å². The van der Waals surface area contributed by atoms with Crippen LogP contribution in [0.1, 0.15) is 19.8 Å². The summed E-state index contributed by atoms with van der Waals surface area (Å²) in [5, 5.41) is 9.37. The van der Waals surface area contributed by atoms with E-state index in [2.05, 4.69) is 12.6 Å². The van der Waals surface area contributed by atoms with Gasteiger partial charge in [0, 0.05) is 0 Å². The van der Waals surface area contributed by atoms with E-state index in [1.165, 1.54) is 6.08 Å². The molecule has 0 atom stereocenters. The lowest BCUT2D eigenvalue weighted by atomic mass is 9.55. The van der Waals surface area contributed by atoms with E-state index in [9.17, 15) is 10.1 Å². The molecular formula is C13H16N2O3. The highest BCUT2D eigenvalue weighted by molar-refractivity contribution is 5.70. The first-order valence-corrected chi connectivity index (χ1v) is 6.12. The minimum absolute atomic E-state index is 0.160. The lowest BCUT2D eigenvalue weighted by Gasteiger charge is -2.51. The Bertz CT molecular complexity index is 453. The normalized spacial score (nSPS) is 38.6. The largest absolute Gasteiger partial charge is 0.445 e. The SMILES string of the molecule is C=CCOC(=O)N1CC2(C1)OC1(C)CC2(C#N)C1. The molecule has 0 unspecified atom stereocenters. The molecule has 0 N–H and O–H groups in total. The van der Waals surface area contributed by atoms with E-state index in [4.69, 9.17) is 9.47 Å². The predicted molar refractivity (Wildman–Crippen MR) is 62.6 cm³/mol. The lowest BCUT2D eigenvalue weighted by molar-refractivity contribution is -0.134. The second-order valence-electron chi connectivity index (χ2n) is 5.82. The average Bonchev–Trinajstić information content (AvgIpc) is 2.67. The van der Waals surface area contributed by atoms with Crippen molar-refractivity contribution < 1.29 is 14.3 Å². The average molecular weight is 248 g/mol. The molecule has 1 aliphatic carbocycles. The molecule has 0 radical (unpaired) electrons. The Morgan fingerprint density at radius 3 is 2.83 bits per heavy atom. The van der Waals surface area contributed by atoms with Gasteiger partial charge in [-0.3, -0.25) is 0 Å². The summed E-state index contributed by atoms with van der Waals surface area (Å²) in [5.41, 5.74) is -1.01. The third kappa shape index (κ3) is 1.21. The van der Waals surface area contributed by atoms with Crippen LogP contribution in [0.2, 0.25) is 0 Å². The summed E-state index contributed by atoms with van der Waals surface area (Å²) < 4.78 is 11.0. The van der Waals surface area contributed by atoms with Crippen LogP contribution >= 0.6 is 0 Å². The number of carbonyl (C=O) groups is 1. The number of hydrogen-bond acceptors (Lipinski definition) is 4. The Hall–Kier alpha value is -1.54. The fraction of sp³-hybridized carbons (Fsp3) is 0.692. The van der Waals surface area contributed by atoms with Gasteiger partial charge in [0.05, 0.1) is 30.2 Å². The predicted octanol–water partition coefficient (Wildman–Crippen LogP) is 1.46. The van der Waals surface area contributed by atoms with Crippen molar-refractivity contribution in [1.29, 1.82) is 5.26 Å². The second-order valence-corrected chi connectivity index (χ2v) is 5.82. The minimum atomic E-state index is -0.455. The zero-order valence-corrected chi connectivity index (χ0v) is 10.4. The molecule has 3 saturated heterocycles. The first-order chi connectivity index (χ1) is 8.48. The van der Waals surface area contributed by atoms with Crippen LogP contribution in [-0.2, 0) is 9.47 Å². The number of carbonyl (C=O) groups excluding carboxylic acids is 1. The van der Waals surface area contributed by atoms with Gasteiger partial charge >= 0.3 is 6.09 Å². The van der Waals surface area contributed by atoms with Crippen LogP contribution in [0.15, 0.2) is 12.7 Å². The Morgan fingerprint density at radius 1 is 1.61 bits per heavy atom. The summed E-state index contributed by atoms with van der Waals surface area (Å²) >= 11 is 0. The summed E-state index contributed by atoms with van der Waals surface area (Å²) in [4.78, 5) is 13.2. The summed E-state index contributed by atoms with van der Waals surface area (Å²) in [6, 6.07) is 2.41. The van der Waals surface area contributed by atoms with Crippen molar-refractivity contribution in [2.24, 2.45) is 5.41 Å². The van der Waals surface area contributed by atoms with Crippen molar-refractivity contribution in [1.82, 2.24) is 4.90 Å². The molecule has 5 heteroatoms. The maximum atomic E-state index is 11.6. The van der Waals surface area contributed by atoms with Gasteiger partial charge < -0.3 is 14.4 Å². The maximum absolute atomic E-state index is 11.6. The van der Waals surface area contributed by atoms with Crippen molar-refractivity contribution in [2.45, 2.75) is 31.0 Å². The van der Waals surface area contributed by atoms with Gasteiger partial charge in [0.25, 0.3) is 0 Å². The Labute approximate surface area is 106 Å². The van der Waals surface area contributed by atoms with Crippen LogP contribution in [-0.4, -0.2) is 41.9 Å². The van der Waals surface area contributed by atoms with Crippen LogP contribution in [0.25, 0.3) is 0 Å². The van der Waals surface area contributed by atoms with Crippen molar-refractivity contribution in [3.8, 4) is 6.07 Å². The highest BCUT2D eigenvalue weighted by Crippen LogP contribution is 2.68. The number of nitriles is 1. The first-order valence-electron chi connectivity index (χ1n) is 6.12. The third-order valence-electron chi connectivity index (χ3n) is 4.35. The molecule has 3 heterocycles. The minimum Gasteiger partial charge on any atom is -0.445 e. The van der Waals surface area contributed by atoms with Gasteiger partial charge in [0.2, 0.25) is 0 Å². The Balaban J connectivity index is 1.67. The van der Waals surface area contributed by atoms with Gasteiger partial charge in [-0.2, -0.15) is 5.26 Å². The van der Waals surface area contributed by atoms with Crippen LogP contribution in [0.3, 0.4) is 0 Å². The molecule has 1 amide bonds. The van der Waals surface area contributed by atoms with Gasteiger partial charge in [-0.15, -0.1) is 0 Å². The molecule has 1 saturated carbocycles. The van der Waals surface area contributed by atoms with Gasteiger partial charge in [0.15, 0.2) is 0 Å². The summed E-state index contributed by atoms with van der Waals surface area (Å²) in [6.07, 6.45) is 2.75. The van der Waals surface area contributed by atoms with Crippen molar-refractivity contribution in [3.63, 3.8) is 0 Å². The molecule has 18 heavy (non-hydrogen) atoms. The molecule has 3 aliphatic heterocycles. The highest BCUT2D eigenvalue weighted by atomic mass is 16.6. The fourth-order valence-corrected chi connectivity index (χ4v) is 3.66. The lowest BCUT2D eigenvalue weighted by Crippen LogP contribution is -2.68. The van der Waals surface area contributed by atoms with E-state index in [1.807, 2.05) is 6.92 Å². The molecular weight excluding hydrogens is 232 g/mol. The van der Waals surface area contributed by atoms with Crippen LogP contribution < -0.4 is 0 Å². The van der Waals surface area contributed by atoms with Gasteiger partial charge in [-0.1, -0.05) is 12.7 Å². The summed E-state index contributed by atoms with van der Waals surface area (Å²) in [5.74, 6) is 0. The highest BCUT2D eigenvalue weighted by Gasteiger charge is 2.77. The molecule has 4 aliphatic rings. The number of rotatable bonds is 2. The van der Waals surface area contributed by atoms with Gasteiger partial charge in [-0.05, 0) is 19.8 Å². The number of likely N-dealkylation sites (tertiary alicyclic amines) is 1. The molecule has 0 aromatic carbocycles.